The molecule has 1 heterocycles. The molecule has 0 radical (unpaired) electrons. The minimum atomic E-state index is -1.06. The fraction of sp³-hybridized carbons (Fsp3) is 0.765. The van der Waals surface area contributed by atoms with Crippen LogP contribution in [0.1, 0.15) is 40.0 Å². The number of hydrogen-bond donors (Lipinski definition) is 0. The normalized spacial score (nSPS) is 36.2. The highest BCUT2D eigenvalue weighted by Gasteiger charge is 2.72. The molecule has 2 bridgehead atoms. The molecule has 5 atom stereocenters. The Morgan fingerprint density at radius 1 is 1.46 bits per heavy atom. The number of hydrogen-bond acceptors (Lipinski definition) is 7. The van der Waals surface area contributed by atoms with E-state index in [1.54, 1.807) is 13.8 Å². The van der Waals surface area contributed by atoms with Gasteiger partial charge in [0.15, 0.2) is 12.0 Å². The molecular formula is C17H21NO6. The molecule has 0 amide bonds. The van der Waals surface area contributed by atoms with Gasteiger partial charge in [-0.2, -0.15) is 5.26 Å². The van der Waals surface area contributed by atoms with Crippen molar-refractivity contribution in [2.24, 2.45) is 22.7 Å². The van der Waals surface area contributed by atoms with Crippen molar-refractivity contribution in [2.75, 3.05) is 6.61 Å². The molecule has 7 heteroatoms. The molecule has 3 rings (SSSR count). The molecule has 0 aromatic carbocycles. The first-order valence-corrected chi connectivity index (χ1v) is 8.24. The summed E-state index contributed by atoms with van der Waals surface area (Å²) in [5.74, 6) is -1.88. The van der Waals surface area contributed by atoms with Crippen molar-refractivity contribution in [3.05, 3.63) is 0 Å². The maximum absolute atomic E-state index is 12.0. The number of nitriles is 1. The number of ether oxygens (including phenoxy) is 3. The van der Waals surface area contributed by atoms with Crippen LogP contribution in [0.4, 0.5) is 0 Å². The van der Waals surface area contributed by atoms with Crippen LogP contribution in [0.5, 0.6) is 0 Å². The van der Waals surface area contributed by atoms with Gasteiger partial charge in [0.05, 0.1) is 11.5 Å². The zero-order valence-corrected chi connectivity index (χ0v) is 14.0. The minimum Gasteiger partial charge on any atom is -0.457 e. The average molecular weight is 335 g/mol. The second-order valence-electron chi connectivity index (χ2n) is 7.53. The molecule has 3 aliphatic rings. The third kappa shape index (κ3) is 2.27. The van der Waals surface area contributed by atoms with Gasteiger partial charge in [0.25, 0.3) is 0 Å². The Labute approximate surface area is 140 Å². The van der Waals surface area contributed by atoms with Crippen molar-refractivity contribution >= 4 is 17.9 Å². The molecule has 1 saturated heterocycles. The zero-order chi connectivity index (χ0) is 17.7. The largest absolute Gasteiger partial charge is 0.457 e. The van der Waals surface area contributed by atoms with Crippen molar-refractivity contribution in [3.63, 3.8) is 0 Å². The first-order chi connectivity index (χ1) is 11.2. The number of rotatable bonds is 5. The quantitative estimate of drug-likeness (QED) is 0.552. The Morgan fingerprint density at radius 2 is 2.17 bits per heavy atom. The molecule has 24 heavy (non-hydrogen) atoms. The van der Waals surface area contributed by atoms with Crippen molar-refractivity contribution in [2.45, 2.75) is 52.2 Å². The molecule has 0 aromatic heterocycles. The third-order valence-electron chi connectivity index (χ3n) is 5.79. The van der Waals surface area contributed by atoms with Crippen molar-refractivity contribution in [1.82, 2.24) is 0 Å². The van der Waals surface area contributed by atoms with Crippen LogP contribution in [0, 0.1) is 34.0 Å². The van der Waals surface area contributed by atoms with E-state index < -0.39 is 47.6 Å². The summed E-state index contributed by atoms with van der Waals surface area (Å²) in [5, 5.41) is 9.33. The van der Waals surface area contributed by atoms with Gasteiger partial charge in [-0.05, 0) is 33.1 Å². The molecule has 2 aliphatic carbocycles. The van der Waals surface area contributed by atoms with Gasteiger partial charge in [0.1, 0.15) is 12.2 Å². The van der Waals surface area contributed by atoms with E-state index in [9.17, 15) is 19.6 Å². The van der Waals surface area contributed by atoms with Gasteiger partial charge in [0, 0.05) is 11.8 Å². The molecule has 0 N–H and O–H groups in total. The summed E-state index contributed by atoms with van der Waals surface area (Å²) in [5.41, 5.74) is -1.71. The SMILES string of the molecule is CCC(C)(C)C(=O)OCC(=O)OC1C2C[C@@H]3C1OC(=O)C3(C#N)C2. The highest BCUT2D eigenvalue weighted by atomic mass is 16.6. The first-order valence-electron chi connectivity index (χ1n) is 8.24. The average Bonchev–Trinajstić information content (AvgIpc) is 3.14. The lowest BCUT2D eigenvalue weighted by molar-refractivity contribution is -0.172. The zero-order valence-electron chi connectivity index (χ0n) is 14.0. The minimum absolute atomic E-state index is 0.0576. The lowest BCUT2D eigenvalue weighted by Gasteiger charge is -2.28. The summed E-state index contributed by atoms with van der Waals surface area (Å²) in [6.07, 6.45) is 0.506. The van der Waals surface area contributed by atoms with Crippen LogP contribution >= 0.6 is 0 Å². The van der Waals surface area contributed by atoms with Gasteiger partial charge in [-0.3, -0.25) is 9.59 Å². The van der Waals surface area contributed by atoms with Gasteiger partial charge in [-0.1, -0.05) is 6.92 Å². The highest BCUT2D eigenvalue weighted by molar-refractivity contribution is 5.84. The smallest absolute Gasteiger partial charge is 0.344 e. The molecule has 0 aromatic rings. The first kappa shape index (κ1) is 16.7. The molecule has 3 fully saturated rings. The Kier molecular flexibility index (Phi) is 3.82. The van der Waals surface area contributed by atoms with E-state index in [-0.39, 0.29) is 11.8 Å². The van der Waals surface area contributed by atoms with Gasteiger partial charge < -0.3 is 14.2 Å². The molecule has 0 spiro atoms. The molecule has 130 valence electrons. The Bertz CT molecular complexity index is 635. The van der Waals surface area contributed by atoms with Crippen LogP contribution in [-0.2, 0) is 28.6 Å². The van der Waals surface area contributed by atoms with Crippen molar-refractivity contribution in [1.29, 1.82) is 5.26 Å². The molecular weight excluding hydrogens is 314 g/mol. The van der Waals surface area contributed by atoms with Crippen LogP contribution in [0.15, 0.2) is 0 Å². The second kappa shape index (κ2) is 5.47. The van der Waals surface area contributed by atoms with E-state index in [1.807, 2.05) is 6.92 Å². The monoisotopic (exact) mass is 335 g/mol. The van der Waals surface area contributed by atoms with E-state index >= 15 is 0 Å². The third-order valence-corrected chi connectivity index (χ3v) is 5.79. The van der Waals surface area contributed by atoms with E-state index in [0.717, 1.165) is 0 Å². The number of carbonyl (C=O) groups is 3. The molecule has 7 nitrogen and oxygen atoms in total. The summed E-state index contributed by atoms with van der Waals surface area (Å²) in [4.78, 5) is 35.9. The number of esters is 3. The van der Waals surface area contributed by atoms with Crippen molar-refractivity contribution in [3.8, 4) is 6.07 Å². The Hall–Kier alpha value is -2.10. The predicted octanol–water partition coefficient (Wildman–Crippen LogP) is 1.35. The summed E-state index contributed by atoms with van der Waals surface area (Å²) in [6.45, 7) is 4.90. The van der Waals surface area contributed by atoms with Crippen molar-refractivity contribution < 1.29 is 28.6 Å². The summed E-state index contributed by atoms with van der Waals surface area (Å²) in [7, 11) is 0. The van der Waals surface area contributed by atoms with E-state index in [1.165, 1.54) is 0 Å². The maximum Gasteiger partial charge on any atom is 0.344 e. The molecule has 2 saturated carbocycles. The Balaban J connectivity index is 1.57. The maximum atomic E-state index is 12.0. The second-order valence-corrected chi connectivity index (χ2v) is 7.53. The van der Waals surface area contributed by atoms with Crippen LogP contribution in [0.25, 0.3) is 0 Å². The summed E-state index contributed by atoms with van der Waals surface area (Å²) < 4.78 is 15.7. The van der Waals surface area contributed by atoms with Gasteiger partial charge >= 0.3 is 17.9 Å². The van der Waals surface area contributed by atoms with Crippen LogP contribution in [0.3, 0.4) is 0 Å². The van der Waals surface area contributed by atoms with Crippen LogP contribution in [0.2, 0.25) is 0 Å². The summed E-state index contributed by atoms with van der Waals surface area (Å²) in [6, 6.07) is 2.10. The topological polar surface area (TPSA) is 103 Å². The standard InChI is InChI=1S/C17H21NO6/c1-4-16(2,3)14(20)22-7-11(19)23-12-9-5-10-13(12)24-15(21)17(10,6-9)8-18/h9-10,12-13H,4-7H2,1-3H3/t9?,10-,12?,13?,17?/m1/s1. The Morgan fingerprint density at radius 3 is 2.79 bits per heavy atom. The fourth-order valence-electron chi connectivity index (χ4n) is 3.94. The van der Waals surface area contributed by atoms with Crippen LogP contribution < -0.4 is 0 Å². The number of carbonyl (C=O) groups excluding carboxylic acids is 3. The molecule has 1 aliphatic heterocycles. The van der Waals surface area contributed by atoms with Gasteiger partial charge in [-0.15, -0.1) is 0 Å². The highest BCUT2D eigenvalue weighted by Crippen LogP contribution is 2.62. The van der Waals surface area contributed by atoms with E-state index in [2.05, 4.69) is 6.07 Å². The predicted molar refractivity (Wildman–Crippen MR) is 79.1 cm³/mol. The summed E-state index contributed by atoms with van der Waals surface area (Å²) >= 11 is 0. The van der Waals surface area contributed by atoms with E-state index in [0.29, 0.717) is 19.3 Å². The fourth-order valence-corrected chi connectivity index (χ4v) is 3.94. The van der Waals surface area contributed by atoms with Crippen LogP contribution in [-0.4, -0.2) is 36.7 Å². The van der Waals surface area contributed by atoms with E-state index in [4.69, 9.17) is 14.2 Å². The van der Waals surface area contributed by atoms with Gasteiger partial charge in [0.2, 0.25) is 0 Å². The number of fused-ring (bicyclic) bond motifs is 1. The molecule has 4 unspecified atom stereocenters. The lowest BCUT2D eigenvalue weighted by Crippen LogP contribution is -2.40. The van der Waals surface area contributed by atoms with Gasteiger partial charge in [-0.25, -0.2) is 4.79 Å². The number of nitrogens with zero attached hydrogens (tertiary/aromatic N) is 1. The lowest BCUT2D eigenvalue weighted by atomic mass is 9.75.